The number of ether oxygens (including phenoxy) is 2. The molecule has 6 heteroatoms. The molecule has 1 fully saturated rings. The lowest BCUT2D eigenvalue weighted by Gasteiger charge is -2.41. The molecule has 0 radical (unpaired) electrons. The van der Waals surface area contributed by atoms with E-state index in [9.17, 15) is 4.79 Å². The second kappa shape index (κ2) is 6.20. The number of methoxy groups -OCH3 is 2. The number of amides is 1. The maximum absolute atomic E-state index is 12.6. The van der Waals surface area contributed by atoms with Crippen LogP contribution in [0.15, 0.2) is 6.33 Å². The molecule has 0 N–H and O–H groups in total. The van der Waals surface area contributed by atoms with Crippen LogP contribution < -0.4 is 4.74 Å². The fraction of sp³-hybridized carbons (Fsp3) is 0.688. The highest BCUT2D eigenvalue weighted by atomic mass is 16.5. The van der Waals surface area contributed by atoms with Crippen LogP contribution >= 0.6 is 0 Å². The SMILES string of the molecule is COc1ncnc2c1CCN(C(=O)CC1(OC)CCC1)CC2. The van der Waals surface area contributed by atoms with Gasteiger partial charge in [0.15, 0.2) is 0 Å². The predicted molar refractivity (Wildman–Crippen MR) is 80.8 cm³/mol. The smallest absolute Gasteiger partial charge is 0.225 e. The van der Waals surface area contributed by atoms with E-state index in [2.05, 4.69) is 9.97 Å². The van der Waals surface area contributed by atoms with E-state index in [1.54, 1.807) is 14.2 Å². The van der Waals surface area contributed by atoms with Crippen LogP contribution in [0.1, 0.15) is 36.9 Å². The zero-order valence-corrected chi connectivity index (χ0v) is 13.3. The Kier molecular flexibility index (Phi) is 4.29. The molecule has 1 saturated carbocycles. The van der Waals surface area contributed by atoms with Gasteiger partial charge in [-0.15, -0.1) is 0 Å². The minimum atomic E-state index is -0.215. The first-order valence-corrected chi connectivity index (χ1v) is 7.87. The first kappa shape index (κ1) is 15.2. The molecule has 0 aromatic carbocycles. The van der Waals surface area contributed by atoms with Crippen molar-refractivity contribution in [1.29, 1.82) is 0 Å². The van der Waals surface area contributed by atoms with Crippen LogP contribution in [-0.4, -0.2) is 53.7 Å². The third kappa shape index (κ3) is 2.79. The number of rotatable bonds is 4. The van der Waals surface area contributed by atoms with E-state index in [0.717, 1.165) is 43.4 Å². The standard InChI is InChI=1S/C16H23N3O3/c1-21-15-12-4-8-19(9-5-13(12)17-11-18-15)14(20)10-16(22-2)6-3-7-16/h11H,3-10H2,1-2H3. The molecule has 0 saturated heterocycles. The van der Waals surface area contributed by atoms with Gasteiger partial charge in [0.25, 0.3) is 0 Å². The molecule has 0 spiro atoms. The molecular formula is C16H23N3O3. The fourth-order valence-electron chi connectivity index (χ4n) is 3.33. The average Bonchev–Trinajstić information content (AvgIpc) is 2.73. The van der Waals surface area contributed by atoms with Gasteiger partial charge in [0.2, 0.25) is 11.8 Å². The number of hydrogen-bond donors (Lipinski definition) is 0. The van der Waals surface area contributed by atoms with Crippen molar-refractivity contribution >= 4 is 5.91 Å². The van der Waals surface area contributed by atoms with Crippen molar-refractivity contribution < 1.29 is 14.3 Å². The lowest BCUT2D eigenvalue weighted by atomic mass is 9.77. The van der Waals surface area contributed by atoms with Gasteiger partial charge in [0.05, 0.1) is 24.8 Å². The molecule has 2 heterocycles. The molecule has 1 aromatic rings. The molecular weight excluding hydrogens is 282 g/mol. The second-order valence-corrected chi connectivity index (χ2v) is 6.11. The quantitative estimate of drug-likeness (QED) is 0.840. The summed E-state index contributed by atoms with van der Waals surface area (Å²) in [5, 5.41) is 0. The largest absolute Gasteiger partial charge is 0.481 e. The van der Waals surface area contributed by atoms with E-state index in [1.807, 2.05) is 4.90 Å². The number of carbonyl (C=O) groups is 1. The van der Waals surface area contributed by atoms with Gasteiger partial charge in [0, 0.05) is 32.2 Å². The topological polar surface area (TPSA) is 64.6 Å². The van der Waals surface area contributed by atoms with Gasteiger partial charge in [-0.05, 0) is 25.7 Å². The summed E-state index contributed by atoms with van der Waals surface area (Å²) in [5.41, 5.74) is 1.81. The van der Waals surface area contributed by atoms with Crippen LogP contribution in [-0.2, 0) is 22.4 Å². The van der Waals surface area contributed by atoms with E-state index >= 15 is 0 Å². The summed E-state index contributed by atoms with van der Waals surface area (Å²) in [6, 6.07) is 0. The van der Waals surface area contributed by atoms with Crippen LogP contribution in [0.4, 0.5) is 0 Å². The summed E-state index contributed by atoms with van der Waals surface area (Å²) < 4.78 is 10.9. The van der Waals surface area contributed by atoms with Gasteiger partial charge >= 0.3 is 0 Å². The molecule has 22 heavy (non-hydrogen) atoms. The molecule has 0 unspecified atom stereocenters. The minimum Gasteiger partial charge on any atom is -0.481 e. The van der Waals surface area contributed by atoms with Crippen molar-refractivity contribution in [3.8, 4) is 5.88 Å². The molecule has 0 bridgehead atoms. The van der Waals surface area contributed by atoms with Gasteiger partial charge < -0.3 is 14.4 Å². The van der Waals surface area contributed by atoms with E-state index in [1.165, 1.54) is 6.33 Å². The van der Waals surface area contributed by atoms with Gasteiger partial charge in [-0.2, -0.15) is 0 Å². The summed E-state index contributed by atoms with van der Waals surface area (Å²) in [6.45, 7) is 1.39. The zero-order chi connectivity index (χ0) is 15.6. The highest BCUT2D eigenvalue weighted by molar-refractivity contribution is 5.77. The Morgan fingerprint density at radius 2 is 2.05 bits per heavy atom. The van der Waals surface area contributed by atoms with Crippen molar-refractivity contribution in [2.24, 2.45) is 0 Å². The summed E-state index contributed by atoms with van der Waals surface area (Å²) in [4.78, 5) is 23.0. The number of nitrogens with zero attached hydrogens (tertiary/aromatic N) is 3. The average molecular weight is 305 g/mol. The van der Waals surface area contributed by atoms with E-state index < -0.39 is 0 Å². The lowest BCUT2D eigenvalue weighted by Crippen LogP contribution is -2.45. The van der Waals surface area contributed by atoms with Crippen molar-refractivity contribution in [2.45, 2.75) is 44.1 Å². The normalized spacial score (nSPS) is 19.8. The van der Waals surface area contributed by atoms with Crippen molar-refractivity contribution in [3.63, 3.8) is 0 Å². The van der Waals surface area contributed by atoms with Crippen LogP contribution in [0.3, 0.4) is 0 Å². The number of aromatic nitrogens is 2. The summed E-state index contributed by atoms with van der Waals surface area (Å²) >= 11 is 0. The Bertz CT molecular complexity index is 552. The molecule has 1 aliphatic carbocycles. The zero-order valence-electron chi connectivity index (χ0n) is 13.3. The molecule has 120 valence electrons. The predicted octanol–water partition coefficient (Wildman–Crippen LogP) is 1.37. The molecule has 1 aromatic heterocycles. The molecule has 3 rings (SSSR count). The first-order chi connectivity index (χ1) is 10.7. The lowest BCUT2D eigenvalue weighted by molar-refractivity contribution is -0.144. The Morgan fingerprint density at radius 1 is 1.27 bits per heavy atom. The van der Waals surface area contributed by atoms with Gasteiger partial charge in [-0.1, -0.05) is 0 Å². The Labute approximate surface area is 130 Å². The summed E-state index contributed by atoms with van der Waals surface area (Å²) in [6.07, 6.45) is 6.64. The Balaban J connectivity index is 1.67. The van der Waals surface area contributed by atoms with Crippen LogP contribution in [0.2, 0.25) is 0 Å². The van der Waals surface area contributed by atoms with E-state index in [4.69, 9.17) is 9.47 Å². The van der Waals surface area contributed by atoms with Gasteiger partial charge in [-0.25, -0.2) is 9.97 Å². The van der Waals surface area contributed by atoms with Crippen molar-refractivity contribution in [2.75, 3.05) is 27.3 Å². The molecule has 1 aliphatic heterocycles. The highest BCUT2D eigenvalue weighted by Gasteiger charge is 2.40. The monoisotopic (exact) mass is 305 g/mol. The fourth-order valence-corrected chi connectivity index (χ4v) is 3.33. The Hall–Kier alpha value is -1.69. The second-order valence-electron chi connectivity index (χ2n) is 6.11. The third-order valence-electron chi connectivity index (χ3n) is 4.96. The third-order valence-corrected chi connectivity index (χ3v) is 4.96. The number of hydrogen-bond acceptors (Lipinski definition) is 5. The summed E-state index contributed by atoms with van der Waals surface area (Å²) in [7, 11) is 3.33. The van der Waals surface area contributed by atoms with Crippen LogP contribution in [0.5, 0.6) is 5.88 Å². The van der Waals surface area contributed by atoms with Crippen molar-refractivity contribution in [1.82, 2.24) is 14.9 Å². The molecule has 6 nitrogen and oxygen atoms in total. The van der Waals surface area contributed by atoms with Crippen LogP contribution in [0, 0.1) is 0 Å². The molecule has 0 atom stereocenters. The highest BCUT2D eigenvalue weighted by Crippen LogP contribution is 2.38. The van der Waals surface area contributed by atoms with Gasteiger partial charge in [0.1, 0.15) is 6.33 Å². The van der Waals surface area contributed by atoms with E-state index in [-0.39, 0.29) is 11.5 Å². The van der Waals surface area contributed by atoms with Crippen LogP contribution in [0.25, 0.3) is 0 Å². The summed E-state index contributed by atoms with van der Waals surface area (Å²) in [5.74, 6) is 0.813. The Morgan fingerprint density at radius 3 is 2.68 bits per heavy atom. The molecule has 2 aliphatic rings. The number of fused-ring (bicyclic) bond motifs is 1. The molecule has 1 amide bonds. The minimum absolute atomic E-state index is 0.182. The van der Waals surface area contributed by atoms with Crippen molar-refractivity contribution in [3.05, 3.63) is 17.6 Å². The maximum atomic E-state index is 12.6. The first-order valence-electron chi connectivity index (χ1n) is 7.87. The van der Waals surface area contributed by atoms with E-state index in [0.29, 0.717) is 25.4 Å². The van der Waals surface area contributed by atoms with Gasteiger partial charge in [-0.3, -0.25) is 4.79 Å². The number of carbonyl (C=O) groups excluding carboxylic acids is 1. The maximum Gasteiger partial charge on any atom is 0.225 e.